The molecule has 47 valence electrons. The Morgan fingerprint density at radius 3 is 3.00 bits per heavy atom. The van der Waals surface area contributed by atoms with Gasteiger partial charge in [0.25, 0.3) is 0 Å². The quantitative estimate of drug-likeness (QED) is 0.430. The molecule has 0 aromatic rings. The molecule has 0 bridgehead atoms. The van der Waals surface area contributed by atoms with Crippen LogP contribution in [-0.4, -0.2) is 33.2 Å². The summed E-state index contributed by atoms with van der Waals surface area (Å²) in [7, 11) is 2.17. The normalized spacial score (nSPS) is 25.1. The van der Waals surface area contributed by atoms with Crippen LogP contribution >= 0.6 is 0 Å². The standard InChI is InChI=1S/C6H14N2/c1-8-5-2-3-7-4-6-8/h7H,2-6H2,1H3/q+1. The number of rotatable bonds is 0. The van der Waals surface area contributed by atoms with Crippen molar-refractivity contribution in [1.82, 2.24) is 10.2 Å². The summed E-state index contributed by atoms with van der Waals surface area (Å²) < 4.78 is 0. The van der Waals surface area contributed by atoms with Gasteiger partial charge < -0.3 is 5.32 Å². The van der Waals surface area contributed by atoms with E-state index in [0.29, 0.717) is 0 Å². The summed E-state index contributed by atoms with van der Waals surface area (Å²) in [6.45, 7) is 4.83. The molecule has 1 aliphatic heterocycles. The van der Waals surface area contributed by atoms with E-state index in [0.717, 1.165) is 6.54 Å². The molecule has 1 heterocycles. The van der Waals surface area contributed by atoms with Gasteiger partial charge in [-0.15, -0.1) is 0 Å². The van der Waals surface area contributed by atoms with E-state index in [9.17, 15) is 0 Å². The van der Waals surface area contributed by atoms with Gasteiger partial charge in [-0.3, -0.25) is 0 Å². The maximum Gasteiger partial charge on any atom is 0.134 e. The Hall–Kier alpha value is -0.0800. The third kappa shape index (κ3) is 1.80. The first-order chi connectivity index (χ1) is 3.89. The molecule has 1 rings (SSSR count). The summed E-state index contributed by atoms with van der Waals surface area (Å²) >= 11 is 0. The van der Waals surface area contributed by atoms with Gasteiger partial charge in [0.1, 0.15) is 20.1 Å². The van der Waals surface area contributed by atoms with E-state index in [2.05, 4.69) is 17.3 Å². The van der Waals surface area contributed by atoms with Gasteiger partial charge in [0.15, 0.2) is 0 Å². The molecule has 8 heavy (non-hydrogen) atoms. The van der Waals surface area contributed by atoms with E-state index in [1.165, 1.54) is 26.1 Å². The van der Waals surface area contributed by atoms with Crippen LogP contribution in [0.25, 0.3) is 0 Å². The van der Waals surface area contributed by atoms with E-state index in [1.54, 1.807) is 0 Å². The highest BCUT2D eigenvalue weighted by Gasteiger charge is 2.09. The molecule has 0 aliphatic carbocycles. The van der Waals surface area contributed by atoms with Gasteiger partial charge >= 0.3 is 0 Å². The molecule has 0 unspecified atom stereocenters. The Balaban J connectivity index is 2.17. The molecule has 1 fully saturated rings. The molecular formula is C6H14N2+. The summed E-state index contributed by atoms with van der Waals surface area (Å²) in [4.78, 5) is 2.36. The van der Waals surface area contributed by atoms with Crippen molar-refractivity contribution in [1.29, 1.82) is 0 Å². The second-order valence-corrected chi connectivity index (χ2v) is 2.41. The number of nitrogens with zero attached hydrogens (tertiary/aromatic N) is 1. The number of nitrogens with one attached hydrogen (secondary N) is 1. The molecule has 1 N–H and O–H groups in total. The largest absolute Gasteiger partial charge is 0.311 e. The fourth-order valence-corrected chi connectivity index (χ4v) is 0.981. The Morgan fingerprint density at radius 2 is 2.12 bits per heavy atom. The van der Waals surface area contributed by atoms with Gasteiger partial charge in [-0.05, 0) is 0 Å². The minimum absolute atomic E-state index is 1.16. The van der Waals surface area contributed by atoms with E-state index in [4.69, 9.17) is 0 Å². The Labute approximate surface area is 50.9 Å². The van der Waals surface area contributed by atoms with Crippen molar-refractivity contribution in [3.8, 4) is 0 Å². The van der Waals surface area contributed by atoms with Crippen molar-refractivity contribution in [2.75, 3.05) is 33.2 Å². The predicted molar refractivity (Wildman–Crippen MR) is 35.3 cm³/mol. The third-order valence-corrected chi connectivity index (χ3v) is 1.56. The van der Waals surface area contributed by atoms with E-state index in [1.807, 2.05) is 0 Å². The average Bonchev–Trinajstić information content (AvgIpc) is 1.94. The van der Waals surface area contributed by atoms with Crippen LogP contribution in [0.15, 0.2) is 0 Å². The van der Waals surface area contributed by atoms with E-state index < -0.39 is 0 Å². The lowest BCUT2D eigenvalue weighted by atomic mass is 10.4. The van der Waals surface area contributed by atoms with E-state index in [-0.39, 0.29) is 0 Å². The highest BCUT2D eigenvalue weighted by atomic mass is 15.1. The second kappa shape index (κ2) is 3.05. The first-order valence-corrected chi connectivity index (χ1v) is 3.29. The van der Waals surface area contributed by atoms with Crippen LogP contribution in [0, 0.1) is 0 Å². The highest BCUT2D eigenvalue weighted by molar-refractivity contribution is 4.65. The van der Waals surface area contributed by atoms with E-state index >= 15 is 0 Å². The predicted octanol–water partition coefficient (Wildman–Crippen LogP) is -0.250. The van der Waals surface area contributed by atoms with Crippen molar-refractivity contribution >= 4 is 0 Å². The highest BCUT2D eigenvalue weighted by Crippen LogP contribution is 1.85. The molecular weight excluding hydrogens is 100 g/mol. The number of hydrogen-bond acceptors (Lipinski definition) is 2. The maximum absolute atomic E-state index is 3.34. The van der Waals surface area contributed by atoms with Gasteiger partial charge in [0.2, 0.25) is 0 Å². The van der Waals surface area contributed by atoms with Gasteiger partial charge in [0.05, 0.1) is 0 Å². The molecule has 2 nitrogen and oxygen atoms in total. The van der Waals surface area contributed by atoms with Crippen LogP contribution in [0.5, 0.6) is 0 Å². The molecule has 2 heteroatoms. The van der Waals surface area contributed by atoms with Crippen LogP contribution in [0.2, 0.25) is 0 Å². The van der Waals surface area contributed by atoms with Crippen molar-refractivity contribution < 1.29 is 0 Å². The van der Waals surface area contributed by atoms with Gasteiger partial charge in [-0.25, -0.2) is 0 Å². The average molecular weight is 114 g/mol. The summed E-state index contributed by atoms with van der Waals surface area (Å²) in [5.74, 6) is 0. The molecule has 0 spiro atoms. The lowest BCUT2D eigenvalue weighted by molar-refractivity contribution is 0.504. The van der Waals surface area contributed by atoms with Crippen LogP contribution < -0.4 is 10.2 Å². The van der Waals surface area contributed by atoms with Crippen LogP contribution in [-0.2, 0) is 0 Å². The van der Waals surface area contributed by atoms with Crippen molar-refractivity contribution in [3.63, 3.8) is 0 Å². The zero-order chi connectivity index (χ0) is 5.82. The van der Waals surface area contributed by atoms with Gasteiger partial charge in [0, 0.05) is 19.5 Å². The lowest BCUT2D eigenvalue weighted by Crippen LogP contribution is -2.29. The topological polar surface area (TPSA) is 17.9 Å². The Morgan fingerprint density at radius 1 is 1.25 bits per heavy atom. The molecule has 1 saturated heterocycles. The minimum atomic E-state index is 1.16. The smallest absolute Gasteiger partial charge is 0.134 e. The van der Waals surface area contributed by atoms with Crippen LogP contribution in [0.1, 0.15) is 6.42 Å². The van der Waals surface area contributed by atoms with Gasteiger partial charge in [-0.1, -0.05) is 0 Å². The lowest BCUT2D eigenvalue weighted by Gasteiger charge is -1.98. The summed E-state index contributed by atoms with van der Waals surface area (Å²) in [5.41, 5.74) is 0. The minimum Gasteiger partial charge on any atom is -0.311 e. The molecule has 0 aromatic heterocycles. The van der Waals surface area contributed by atoms with Crippen molar-refractivity contribution in [3.05, 3.63) is 0 Å². The first kappa shape index (κ1) is 6.05. The molecule has 0 atom stereocenters. The second-order valence-electron chi connectivity index (χ2n) is 2.41. The molecule has 0 saturated carbocycles. The SMILES string of the molecule is C[N+]1CCCNCC1. The number of likely N-dealkylation sites (N-methyl/N-ethyl adjacent to an activating group) is 1. The van der Waals surface area contributed by atoms with Crippen LogP contribution in [0.4, 0.5) is 0 Å². The van der Waals surface area contributed by atoms with Crippen LogP contribution in [0.3, 0.4) is 0 Å². The molecule has 1 aliphatic rings. The number of hydrogen-bond donors (Lipinski definition) is 1. The fourth-order valence-electron chi connectivity index (χ4n) is 0.981. The van der Waals surface area contributed by atoms with Crippen molar-refractivity contribution in [2.24, 2.45) is 0 Å². The monoisotopic (exact) mass is 114 g/mol. The fraction of sp³-hybridized carbons (Fsp3) is 1.00. The summed E-state index contributed by atoms with van der Waals surface area (Å²) in [6, 6.07) is 0. The first-order valence-electron chi connectivity index (χ1n) is 3.29. The third-order valence-electron chi connectivity index (χ3n) is 1.56. The molecule has 0 amide bonds. The Bertz CT molecular complexity index is 55.5. The molecule has 0 aromatic carbocycles. The zero-order valence-corrected chi connectivity index (χ0v) is 5.48. The molecule has 1 radical (unpaired) electrons. The zero-order valence-electron chi connectivity index (χ0n) is 5.48. The Kier molecular flexibility index (Phi) is 2.30. The van der Waals surface area contributed by atoms with Crippen molar-refractivity contribution in [2.45, 2.75) is 6.42 Å². The maximum atomic E-state index is 3.34. The summed E-state index contributed by atoms with van der Waals surface area (Å²) in [6.07, 6.45) is 1.30. The summed E-state index contributed by atoms with van der Waals surface area (Å²) in [5, 5.41) is 3.34. The van der Waals surface area contributed by atoms with Gasteiger partial charge in [-0.2, -0.15) is 4.90 Å².